The first-order chi connectivity index (χ1) is 6.77. The minimum Gasteiger partial charge on any atom is -0.355 e. The zero-order chi connectivity index (χ0) is 9.60. The molecular formula is C12H16N2. The summed E-state index contributed by atoms with van der Waals surface area (Å²) >= 11 is 0. The molecule has 1 aromatic rings. The molecule has 1 spiro atoms. The maximum atomic E-state index is 4.41. The third kappa shape index (κ3) is 1.13. The summed E-state index contributed by atoms with van der Waals surface area (Å²) in [5.74, 6) is 1.17. The molecule has 14 heavy (non-hydrogen) atoms. The molecule has 2 aliphatic rings. The van der Waals surface area contributed by atoms with Crippen LogP contribution < -0.4 is 4.90 Å². The van der Waals surface area contributed by atoms with Crippen LogP contribution in [-0.2, 0) is 0 Å². The zero-order valence-corrected chi connectivity index (χ0v) is 8.66. The van der Waals surface area contributed by atoms with Gasteiger partial charge < -0.3 is 4.90 Å². The van der Waals surface area contributed by atoms with Crippen LogP contribution in [0, 0.1) is 12.3 Å². The molecule has 3 rings (SSSR count). The lowest BCUT2D eigenvalue weighted by atomic mass is 9.63. The highest BCUT2D eigenvalue weighted by Gasteiger charge is 2.47. The van der Waals surface area contributed by atoms with Gasteiger partial charge in [0.15, 0.2) is 0 Å². The molecule has 1 saturated heterocycles. The number of hydrogen-bond donors (Lipinski definition) is 0. The normalized spacial score (nSPS) is 23.1. The molecule has 0 N–H and O–H groups in total. The minimum atomic E-state index is 0.700. The number of aromatic nitrogens is 1. The van der Waals surface area contributed by atoms with E-state index in [0.29, 0.717) is 5.41 Å². The monoisotopic (exact) mass is 188 g/mol. The van der Waals surface area contributed by atoms with E-state index >= 15 is 0 Å². The smallest absolute Gasteiger partial charge is 0.128 e. The van der Waals surface area contributed by atoms with Gasteiger partial charge in [0.25, 0.3) is 0 Å². The van der Waals surface area contributed by atoms with Crippen molar-refractivity contribution in [2.45, 2.75) is 26.2 Å². The molecule has 1 saturated carbocycles. The fraction of sp³-hybridized carbons (Fsp3) is 0.583. The molecule has 0 radical (unpaired) electrons. The maximum absolute atomic E-state index is 4.41. The molecule has 2 heterocycles. The van der Waals surface area contributed by atoms with Crippen molar-refractivity contribution in [2.75, 3.05) is 18.0 Å². The Balaban J connectivity index is 1.73. The summed E-state index contributed by atoms with van der Waals surface area (Å²) < 4.78 is 0. The predicted molar refractivity (Wildman–Crippen MR) is 57.5 cm³/mol. The minimum absolute atomic E-state index is 0.700. The van der Waals surface area contributed by atoms with Crippen LogP contribution in [0.25, 0.3) is 0 Å². The van der Waals surface area contributed by atoms with Crippen molar-refractivity contribution in [3.63, 3.8) is 0 Å². The van der Waals surface area contributed by atoms with E-state index in [1.165, 1.54) is 43.7 Å². The molecular weight excluding hydrogens is 172 g/mol. The van der Waals surface area contributed by atoms with Crippen LogP contribution in [-0.4, -0.2) is 18.1 Å². The molecule has 74 valence electrons. The van der Waals surface area contributed by atoms with Crippen LogP contribution in [0.3, 0.4) is 0 Å². The highest BCUT2D eigenvalue weighted by Crippen LogP contribution is 2.49. The van der Waals surface area contributed by atoms with Gasteiger partial charge in [-0.15, -0.1) is 0 Å². The molecule has 2 fully saturated rings. The summed E-state index contributed by atoms with van der Waals surface area (Å²) in [6.07, 6.45) is 6.23. The van der Waals surface area contributed by atoms with Gasteiger partial charge in [-0.25, -0.2) is 4.98 Å². The van der Waals surface area contributed by atoms with Crippen molar-refractivity contribution in [3.05, 3.63) is 23.9 Å². The Labute approximate surface area is 85.0 Å². The summed E-state index contributed by atoms with van der Waals surface area (Å²) in [5.41, 5.74) is 2.01. The Hall–Kier alpha value is -1.05. The maximum Gasteiger partial charge on any atom is 0.128 e. The van der Waals surface area contributed by atoms with Gasteiger partial charge in [-0.2, -0.15) is 0 Å². The molecule has 0 atom stereocenters. The zero-order valence-electron chi connectivity index (χ0n) is 8.66. The first-order valence-electron chi connectivity index (χ1n) is 5.45. The van der Waals surface area contributed by atoms with Gasteiger partial charge in [0, 0.05) is 24.7 Å². The summed E-state index contributed by atoms with van der Waals surface area (Å²) in [4.78, 5) is 6.82. The van der Waals surface area contributed by atoms with Gasteiger partial charge >= 0.3 is 0 Å². The lowest BCUT2D eigenvalue weighted by Gasteiger charge is -2.56. The molecule has 1 aromatic heterocycles. The van der Waals surface area contributed by atoms with Gasteiger partial charge in [-0.1, -0.05) is 6.42 Å². The topological polar surface area (TPSA) is 16.1 Å². The molecule has 0 bridgehead atoms. The lowest BCUT2D eigenvalue weighted by Crippen LogP contribution is -2.60. The average Bonchev–Trinajstić information content (AvgIpc) is 1.98. The molecule has 1 aliphatic heterocycles. The number of aryl methyl sites for hydroxylation is 1. The quantitative estimate of drug-likeness (QED) is 0.672. The van der Waals surface area contributed by atoms with Crippen molar-refractivity contribution in [1.82, 2.24) is 4.98 Å². The fourth-order valence-electron chi connectivity index (χ4n) is 2.61. The van der Waals surface area contributed by atoms with Crippen molar-refractivity contribution in [1.29, 1.82) is 0 Å². The van der Waals surface area contributed by atoms with E-state index in [4.69, 9.17) is 0 Å². The van der Waals surface area contributed by atoms with E-state index in [1.807, 2.05) is 6.20 Å². The second-order valence-electron chi connectivity index (χ2n) is 4.90. The SMILES string of the molecule is Cc1ccnc(N2CC3(CCC3)C2)c1. The summed E-state index contributed by atoms with van der Waals surface area (Å²) in [5, 5.41) is 0. The van der Waals surface area contributed by atoms with Crippen LogP contribution >= 0.6 is 0 Å². The molecule has 0 unspecified atom stereocenters. The van der Waals surface area contributed by atoms with E-state index in [2.05, 4.69) is 28.9 Å². The predicted octanol–water partition coefficient (Wildman–Crippen LogP) is 2.38. The Bertz CT molecular complexity index is 347. The average molecular weight is 188 g/mol. The van der Waals surface area contributed by atoms with Gasteiger partial charge in [0.05, 0.1) is 0 Å². The Kier molecular flexibility index (Phi) is 1.61. The van der Waals surface area contributed by atoms with Gasteiger partial charge in [-0.05, 0) is 37.5 Å². The highest BCUT2D eigenvalue weighted by molar-refractivity contribution is 5.45. The Morgan fingerprint density at radius 1 is 1.36 bits per heavy atom. The van der Waals surface area contributed by atoms with E-state index in [9.17, 15) is 0 Å². The molecule has 2 heteroatoms. The van der Waals surface area contributed by atoms with Crippen molar-refractivity contribution in [2.24, 2.45) is 5.41 Å². The van der Waals surface area contributed by atoms with Crippen molar-refractivity contribution in [3.8, 4) is 0 Å². The largest absolute Gasteiger partial charge is 0.355 e. The third-order valence-electron chi connectivity index (χ3n) is 3.69. The summed E-state index contributed by atoms with van der Waals surface area (Å²) in [6.45, 7) is 4.61. The van der Waals surface area contributed by atoms with E-state index in [0.717, 1.165) is 0 Å². The van der Waals surface area contributed by atoms with Gasteiger partial charge in [0.2, 0.25) is 0 Å². The van der Waals surface area contributed by atoms with Crippen molar-refractivity contribution < 1.29 is 0 Å². The molecule has 0 amide bonds. The van der Waals surface area contributed by atoms with Crippen LogP contribution in [0.15, 0.2) is 18.3 Å². The van der Waals surface area contributed by atoms with Crippen molar-refractivity contribution >= 4 is 5.82 Å². The highest BCUT2D eigenvalue weighted by atomic mass is 15.3. The fourth-order valence-corrected chi connectivity index (χ4v) is 2.61. The van der Waals surface area contributed by atoms with Gasteiger partial charge in [0.1, 0.15) is 5.82 Å². The Morgan fingerprint density at radius 2 is 2.14 bits per heavy atom. The van der Waals surface area contributed by atoms with E-state index in [-0.39, 0.29) is 0 Å². The first-order valence-corrected chi connectivity index (χ1v) is 5.45. The molecule has 2 nitrogen and oxygen atoms in total. The van der Waals surface area contributed by atoms with Crippen LogP contribution in [0.5, 0.6) is 0 Å². The third-order valence-corrected chi connectivity index (χ3v) is 3.69. The standard InChI is InChI=1S/C12H16N2/c1-10-3-6-13-11(7-10)14-8-12(9-14)4-2-5-12/h3,6-7H,2,4-5,8-9H2,1H3. The van der Waals surface area contributed by atoms with Gasteiger partial charge in [-0.3, -0.25) is 0 Å². The number of nitrogens with zero attached hydrogens (tertiary/aromatic N) is 2. The summed E-state index contributed by atoms with van der Waals surface area (Å²) in [7, 11) is 0. The molecule has 1 aliphatic carbocycles. The lowest BCUT2D eigenvalue weighted by molar-refractivity contribution is 0.0896. The Morgan fingerprint density at radius 3 is 2.71 bits per heavy atom. The summed E-state index contributed by atoms with van der Waals surface area (Å²) in [6, 6.07) is 4.24. The first kappa shape index (κ1) is 8.27. The number of rotatable bonds is 1. The van der Waals surface area contributed by atoms with E-state index in [1.54, 1.807) is 0 Å². The number of anilines is 1. The number of hydrogen-bond acceptors (Lipinski definition) is 2. The second-order valence-corrected chi connectivity index (χ2v) is 4.90. The second kappa shape index (κ2) is 2.72. The van der Waals surface area contributed by atoms with Crippen LogP contribution in [0.1, 0.15) is 24.8 Å². The molecule has 0 aromatic carbocycles. The van der Waals surface area contributed by atoms with E-state index < -0.39 is 0 Å². The number of pyridine rings is 1. The van der Waals surface area contributed by atoms with Crippen LogP contribution in [0.2, 0.25) is 0 Å². The van der Waals surface area contributed by atoms with Crippen LogP contribution in [0.4, 0.5) is 5.82 Å².